The van der Waals surface area contributed by atoms with Crippen molar-refractivity contribution in [2.45, 2.75) is 0 Å². The Bertz CT molecular complexity index is 618. The van der Waals surface area contributed by atoms with E-state index in [-0.39, 0.29) is 5.78 Å². The second kappa shape index (κ2) is 6.52. The third-order valence-electron chi connectivity index (χ3n) is 2.66. The Hall–Kier alpha value is -1.62. The molecule has 0 aliphatic rings. The first-order chi connectivity index (χ1) is 9.20. The van der Waals surface area contributed by atoms with Gasteiger partial charge in [0.15, 0.2) is 5.78 Å². The van der Waals surface area contributed by atoms with Crippen molar-refractivity contribution in [2.24, 2.45) is 0 Å². The molecule has 0 radical (unpaired) electrons. The largest absolute Gasteiger partial charge is 0.497 e. The van der Waals surface area contributed by atoms with E-state index in [2.05, 4.69) is 22.6 Å². The summed E-state index contributed by atoms with van der Waals surface area (Å²) in [7, 11) is 1.63. The van der Waals surface area contributed by atoms with E-state index in [1.54, 1.807) is 19.3 Å². The van der Waals surface area contributed by atoms with Crippen molar-refractivity contribution in [3.63, 3.8) is 0 Å². The summed E-state index contributed by atoms with van der Waals surface area (Å²) in [5.41, 5.74) is 1.67. The molecule has 19 heavy (non-hydrogen) atoms. The van der Waals surface area contributed by atoms with Gasteiger partial charge in [-0.15, -0.1) is 0 Å². The average Bonchev–Trinajstić information content (AvgIpc) is 2.45. The molecule has 0 saturated carbocycles. The highest BCUT2D eigenvalue weighted by atomic mass is 127. The third kappa shape index (κ3) is 3.67. The molecule has 2 aromatic carbocycles. The smallest absolute Gasteiger partial charge is 0.186 e. The predicted octanol–water partition coefficient (Wildman–Crippen LogP) is 4.20. The van der Waals surface area contributed by atoms with Gasteiger partial charge in [-0.25, -0.2) is 0 Å². The molecule has 0 bridgehead atoms. The summed E-state index contributed by atoms with van der Waals surface area (Å²) in [4.78, 5) is 12.1. The monoisotopic (exact) mass is 364 g/mol. The summed E-state index contributed by atoms with van der Waals surface area (Å²) in [6.07, 6.45) is 3.39. The molecule has 0 saturated heterocycles. The quantitative estimate of drug-likeness (QED) is 0.462. The van der Waals surface area contributed by atoms with Crippen molar-refractivity contribution in [3.8, 4) is 5.75 Å². The van der Waals surface area contributed by atoms with Crippen LogP contribution in [0.25, 0.3) is 6.08 Å². The number of benzene rings is 2. The second-order valence-corrected chi connectivity index (χ2v) is 5.12. The lowest BCUT2D eigenvalue weighted by Crippen LogP contribution is -1.96. The maximum Gasteiger partial charge on any atom is 0.186 e. The zero-order chi connectivity index (χ0) is 13.7. The Morgan fingerprint density at radius 3 is 2.68 bits per heavy atom. The number of carbonyl (C=O) groups excluding carboxylic acids is 1. The minimum absolute atomic E-state index is 0.00724. The van der Waals surface area contributed by atoms with Gasteiger partial charge < -0.3 is 4.74 Å². The second-order valence-electron chi connectivity index (χ2n) is 3.95. The maximum atomic E-state index is 12.1. The third-order valence-corrected chi connectivity index (χ3v) is 3.60. The number of hydrogen-bond donors (Lipinski definition) is 0. The zero-order valence-corrected chi connectivity index (χ0v) is 12.6. The number of methoxy groups -OCH3 is 1. The molecule has 0 fully saturated rings. The molecule has 2 aromatic rings. The molecule has 0 aliphatic heterocycles. The van der Waals surface area contributed by atoms with E-state index in [4.69, 9.17) is 4.74 Å². The maximum absolute atomic E-state index is 12.1. The van der Waals surface area contributed by atoms with Crippen LogP contribution in [0.4, 0.5) is 0 Å². The Morgan fingerprint density at radius 1 is 1.16 bits per heavy atom. The highest BCUT2D eigenvalue weighted by molar-refractivity contribution is 14.1. The van der Waals surface area contributed by atoms with Gasteiger partial charge in [0.2, 0.25) is 0 Å². The van der Waals surface area contributed by atoms with E-state index in [0.29, 0.717) is 0 Å². The van der Waals surface area contributed by atoms with Gasteiger partial charge in [0.25, 0.3) is 0 Å². The van der Waals surface area contributed by atoms with E-state index in [9.17, 15) is 4.79 Å². The Balaban J connectivity index is 2.18. The average molecular weight is 364 g/mol. The SMILES string of the molecule is COc1cccc(C=CC(=O)c2ccccc2I)c1. The van der Waals surface area contributed by atoms with Crippen LogP contribution < -0.4 is 4.74 Å². The molecule has 0 unspecified atom stereocenters. The number of rotatable bonds is 4. The summed E-state index contributed by atoms with van der Waals surface area (Å²) >= 11 is 2.17. The molecule has 2 nitrogen and oxygen atoms in total. The van der Waals surface area contributed by atoms with Crippen molar-refractivity contribution >= 4 is 34.5 Å². The molecular formula is C16H13IO2. The molecule has 96 valence electrons. The van der Waals surface area contributed by atoms with Crippen molar-refractivity contribution in [3.05, 3.63) is 69.3 Å². The van der Waals surface area contributed by atoms with Gasteiger partial charge in [0, 0.05) is 9.13 Å². The van der Waals surface area contributed by atoms with Crippen LogP contribution in [0.15, 0.2) is 54.6 Å². The number of ether oxygens (including phenoxy) is 1. The Labute approximate surface area is 126 Å². The molecule has 3 heteroatoms. The summed E-state index contributed by atoms with van der Waals surface area (Å²) < 4.78 is 6.10. The van der Waals surface area contributed by atoms with Gasteiger partial charge >= 0.3 is 0 Å². The van der Waals surface area contributed by atoms with Crippen molar-refractivity contribution in [1.29, 1.82) is 0 Å². The van der Waals surface area contributed by atoms with E-state index in [1.807, 2.05) is 48.5 Å². The standard InChI is InChI=1S/C16H13IO2/c1-19-13-6-4-5-12(11-13)9-10-16(18)14-7-2-3-8-15(14)17/h2-11H,1H3. The highest BCUT2D eigenvalue weighted by Gasteiger charge is 2.05. The number of allylic oxidation sites excluding steroid dienone is 1. The van der Waals surface area contributed by atoms with E-state index in [0.717, 1.165) is 20.4 Å². The van der Waals surface area contributed by atoms with Crippen molar-refractivity contribution in [2.75, 3.05) is 7.11 Å². The van der Waals surface area contributed by atoms with E-state index in [1.165, 1.54) is 0 Å². The van der Waals surface area contributed by atoms with Gasteiger partial charge in [-0.1, -0.05) is 30.3 Å². The fourth-order valence-electron chi connectivity index (χ4n) is 1.67. The van der Waals surface area contributed by atoms with Crippen molar-refractivity contribution in [1.82, 2.24) is 0 Å². The lowest BCUT2D eigenvalue weighted by molar-refractivity contribution is 0.104. The molecule has 0 atom stereocenters. The summed E-state index contributed by atoms with van der Waals surface area (Å²) in [6.45, 7) is 0. The first-order valence-corrected chi connectivity index (χ1v) is 6.89. The topological polar surface area (TPSA) is 26.3 Å². The molecule has 0 N–H and O–H groups in total. The number of halogens is 1. The lowest BCUT2D eigenvalue weighted by Gasteiger charge is -2.01. The summed E-state index contributed by atoms with van der Waals surface area (Å²) in [6, 6.07) is 15.1. The van der Waals surface area contributed by atoms with Gasteiger partial charge in [-0.05, 0) is 58.5 Å². The van der Waals surface area contributed by atoms with Crippen LogP contribution in [0, 0.1) is 3.57 Å². The van der Waals surface area contributed by atoms with Crippen LogP contribution >= 0.6 is 22.6 Å². The number of hydrogen-bond acceptors (Lipinski definition) is 2. The minimum atomic E-state index is 0.00724. The van der Waals surface area contributed by atoms with E-state index >= 15 is 0 Å². The molecule has 2 rings (SSSR count). The Morgan fingerprint density at radius 2 is 1.95 bits per heavy atom. The van der Waals surface area contributed by atoms with Crippen molar-refractivity contribution < 1.29 is 9.53 Å². The van der Waals surface area contributed by atoms with Gasteiger partial charge in [-0.2, -0.15) is 0 Å². The van der Waals surface area contributed by atoms with Gasteiger partial charge in [-0.3, -0.25) is 4.79 Å². The van der Waals surface area contributed by atoms with Gasteiger partial charge in [0.05, 0.1) is 7.11 Å². The molecular weight excluding hydrogens is 351 g/mol. The zero-order valence-electron chi connectivity index (χ0n) is 10.5. The summed E-state index contributed by atoms with van der Waals surface area (Å²) in [5.74, 6) is 0.789. The van der Waals surface area contributed by atoms with Crippen LogP contribution in [-0.2, 0) is 0 Å². The predicted molar refractivity (Wildman–Crippen MR) is 85.5 cm³/mol. The van der Waals surface area contributed by atoms with Crippen LogP contribution in [0.3, 0.4) is 0 Å². The van der Waals surface area contributed by atoms with Crippen LogP contribution in [0.1, 0.15) is 15.9 Å². The van der Waals surface area contributed by atoms with Crippen LogP contribution in [0.5, 0.6) is 5.75 Å². The first kappa shape index (κ1) is 13.8. The molecule has 0 heterocycles. The normalized spacial score (nSPS) is 10.6. The molecule has 0 spiro atoms. The molecule has 0 amide bonds. The lowest BCUT2D eigenvalue weighted by atomic mass is 10.1. The minimum Gasteiger partial charge on any atom is -0.497 e. The highest BCUT2D eigenvalue weighted by Crippen LogP contribution is 2.16. The summed E-state index contributed by atoms with van der Waals surface area (Å²) in [5, 5.41) is 0. The van der Waals surface area contributed by atoms with Gasteiger partial charge in [0.1, 0.15) is 5.75 Å². The van der Waals surface area contributed by atoms with Crippen LogP contribution in [-0.4, -0.2) is 12.9 Å². The fourth-order valence-corrected chi connectivity index (χ4v) is 2.32. The molecule has 0 aromatic heterocycles. The Kier molecular flexibility index (Phi) is 4.74. The number of ketones is 1. The molecule has 0 aliphatic carbocycles. The fraction of sp³-hybridized carbons (Fsp3) is 0.0625. The number of carbonyl (C=O) groups is 1. The first-order valence-electron chi connectivity index (χ1n) is 5.81. The van der Waals surface area contributed by atoms with E-state index < -0.39 is 0 Å². The van der Waals surface area contributed by atoms with Crippen LogP contribution in [0.2, 0.25) is 0 Å².